The normalized spacial score (nSPS) is 17.4. The number of hydrogen-bond donors (Lipinski definition) is 2. The summed E-state index contributed by atoms with van der Waals surface area (Å²) in [5.41, 5.74) is 0.469. The van der Waals surface area contributed by atoms with Crippen LogP contribution in [0.15, 0.2) is 41.4 Å². The molecule has 1 aromatic heterocycles. The molecule has 1 saturated heterocycles. The number of carbonyl (C=O) groups excluding carboxylic acids is 1. The summed E-state index contributed by atoms with van der Waals surface area (Å²) in [7, 11) is 0. The average Bonchev–Trinajstić information content (AvgIpc) is 3.14. The Kier molecular flexibility index (Phi) is 6.47. The maximum Gasteiger partial charge on any atom is 0.271 e. The van der Waals surface area contributed by atoms with E-state index < -0.39 is 0 Å². The van der Waals surface area contributed by atoms with E-state index in [0.717, 1.165) is 43.0 Å². The van der Waals surface area contributed by atoms with Crippen molar-refractivity contribution in [3.63, 3.8) is 0 Å². The molecule has 0 saturated carbocycles. The molecule has 134 valence electrons. The summed E-state index contributed by atoms with van der Waals surface area (Å²) >= 11 is 1.65. The Balaban J connectivity index is 1.37. The van der Waals surface area contributed by atoms with Gasteiger partial charge in [0, 0.05) is 24.2 Å². The highest BCUT2D eigenvalue weighted by Crippen LogP contribution is 2.18. The van der Waals surface area contributed by atoms with Crippen molar-refractivity contribution in [3.05, 3.63) is 48.0 Å². The molecular weight excluding hydrogens is 339 g/mol. The lowest BCUT2D eigenvalue weighted by molar-refractivity contribution is 0.0947. The first-order valence-corrected chi connectivity index (χ1v) is 9.63. The van der Waals surface area contributed by atoms with E-state index in [1.807, 2.05) is 10.9 Å². The molecule has 0 bridgehead atoms. The second kappa shape index (κ2) is 9.01. The molecule has 0 radical (unpaired) electrons. The zero-order valence-corrected chi connectivity index (χ0v) is 14.9. The highest BCUT2D eigenvalue weighted by atomic mass is 32.2. The van der Waals surface area contributed by atoms with Crippen LogP contribution < -0.4 is 10.6 Å². The molecule has 3 rings (SSSR count). The molecule has 1 aliphatic heterocycles. The molecule has 1 atom stereocenters. The van der Waals surface area contributed by atoms with E-state index >= 15 is 0 Å². The number of amides is 1. The van der Waals surface area contributed by atoms with Gasteiger partial charge in [-0.25, -0.2) is 4.39 Å². The molecule has 7 heteroatoms. The number of thioether (sulfide) groups is 1. The van der Waals surface area contributed by atoms with E-state index in [4.69, 9.17) is 0 Å². The molecule has 5 nitrogen and oxygen atoms in total. The zero-order valence-electron chi connectivity index (χ0n) is 14.1. The maximum atomic E-state index is 12.8. The molecule has 0 aliphatic carbocycles. The van der Waals surface area contributed by atoms with Crippen LogP contribution in [0.25, 0.3) is 0 Å². The Morgan fingerprint density at radius 2 is 2.20 bits per heavy atom. The molecule has 2 aromatic rings. The Labute approximate surface area is 151 Å². The van der Waals surface area contributed by atoms with E-state index in [0.29, 0.717) is 18.3 Å². The van der Waals surface area contributed by atoms with Crippen LogP contribution in [0.1, 0.15) is 35.8 Å². The van der Waals surface area contributed by atoms with Gasteiger partial charge in [-0.15, -0.1) is 11.8 Å². The van der Waals surface area contributed by atoms with Gasteiger partial charge >= 0.3 is 0 Å². The number of halogens is 1. The Morgan fingerprint density at radius 3 is 2.96 bits per heavy atom. The zero-order chi connectivity index (χ0) is 17.5. The van der Waals surface area contributed by atoms with Gasteiger partial charge in [0.1, 0.15) is 11.5 Å². The SMILES string of the molecule is O=C(NCCCSc1ccc(F)cc1)c1ccn(C2CCCNC2)n1. The van der Waals surface area contributed by atoms with Gasteiger partial charge in [-0.1, -0.05) is 0 Å². The second-order valence-electron chi connectivity index (χ2n) is 6.09. The molecule has 1 amide bonds. The van der Waals surface area contributed by atoms with Crippen molar-refractivity contribution < 1.29 is 9.18 Å². The largest absolute Gasteiger partial charge is 0.351 e. The second-order valence-corrected chi connectivity index (χ2v) is 7.26. The van der Waals surface area contributed by atoms with E-state index in [1.165, 1.54) is 12.1 Å². The van der Waals surface area contributed by atoms with Crippen LogP contribution in [-0.4, -0.2) is 41.1 Å². The van der Waals surface area contributed by atoms with Crippen LogP contribution in [0.2, 0.25) is 0 Å². The minimum atomic E-state index is -0.222. The van der Waals surface area contributed by atoms with E-state index in [-0.39, 0.29) is 11.7 Å². The van der Waals surface area contributed by atoms with Crippen LogP contribution in [-0.2, 0) is 0 Å². The van der Waals surface area contributed by atoms with E-state index in [2.05, 4.69) is 15.7 Å². The first-order chi connectivity index (χ1) is 12.2. The molecule has 2 heterocycles. The lowest BCUT2D eigenvalue weighted by Gasteiger charge is -2.22. The van der Waals surface area contributed by atoms with Crippen molar-refractivity contribution in [1.82, 2.24) is 20.4 Å². The lowest BCUT2D eigenvalue weighted by atomic mass is 10.1. The summed E-state index contributed by atoms with van der Waals surface area (Å²) < 4.78 is 14.7. The number of aromatic nitrogens is 2. The number of hydrogen-bond acceptors (Lipinski definition) is 4. The molecule has 1 unspecified atom stereocenters. The summed E-state index contributed by atoms with van der Waals surface area (Å²) in [4.78, 5) is 13.2. The molecule has 1 aromatic carbocycles. The summed E-state index contributed by atoms with van der Waals surface area (Å²) in [6.45, 7) is 2.56. The third-order valence-electron chi connectivity index (χ3n) is 4.18. The summed E-state index contributed by atoms with van der Waals surface area (Å²) in [6, 6.07) is 8.57. The van der Waals surface area contributed by atoms with E-state index in [1.54, 1.807) is 30.0 Å². The fourth-order valence-corrected chi connectivity index (χ4v) is 3.66. The predicted octanol–water partition coefficient (Wildman–Crippen LogP) is 2.86. The van der Waals surface area contributed by atoms with Crippen LogP contribution >= 0.6 is 11.8 Å². The maximum absolute atomic E-state index is 12.8. The van der Waals surface area contributed by atoms with Crippen molar-refractivity contribution >= 4 is 17.7 Å². The van der Waals surface area contributed by atoms with Gasteiger partial charge in [-0.3, -0.25) is 9.48 Å². The van der Waals surface area contributed by atoms with Crippen molar-refractivity contribution in [3.8, 4) is 0 Å². The smallest absolute Gasteiger partial charge is 0.271 e. The molecule has 0 spiro atoms. The Morgan fingerprint density at radius 1 is 1.36 bits per heavy atom. The first kappa shape index (κ1) is 17.9. The number of nitrogens with zero attached hydrogens (tertiary/aromatic N) is 2. The van der Waals surface area contributed by atoms with Crippen molar-refractivity contribution in [2.75, 3.05) is 25.4 Å². The monoisotopic (exact) mass is 362 g/mol. The van der Waals surface area contributed by atoms with Gasteiger partial charge in [-0.2, -0.15) is 5.10 Å². The average molecular weight is 362 g/mol. The summed E-state index contributed by atoms with van der Waals surface area (Å²) in [5.74, 6) is 0.517. The number of nitrogens with one attached hydrogen (secondary N) is 2. The third kappa shape index (κ3) is 5.31. The van der Waals surface area contributed by atoms with Crippen LogP contribution in [0.4, 0.5) is 4.39 Å². The predicted molar refractivity (Wildman–Crippen MR) is 97.4 cm³/mol. The van der Waals surface area contributed by atoms with Crippen LogP contribution in [0, 0.1) is 5.82 Å². The van der Waals surface area contributed by atoms with Gasteiger partial charge in [0.05, 0.1) is 6.04 Å². The molecule has 25 heavy (non-hydrogen) atoms. The molecule has 1 aliphatic rings. The topological polar surface area (TPSA) is 59.0 Å². The van der Waals surface area contributed by atoms with Crippen LogP contribution in [0.3, 0.4) is 0 Å². The number of benzene rings is 1. The van der Waals surface area contributed by atoms with Crippen LogP contribution in [0.5, 0.6) is 0 Å². The number of piperidine rings is 1. The van der Waals surface area contributed by atoms with Crippen molar-refractivity contribution in [2.24, 2.45) is 0 Å². The highest BCUT2D eigenvalue weighted by Gasteiger charge is 2.17. The van der Waals surface area contributed by atoms with E-state index in [9.17, 15) is 9.18 Å². The Hall–Kier alpha value is -1.86. The standard InChI is InChI=1S/C18H23FN4OS/c19-14-4-6-16(7-5-14)25-12-2-10-21-18(24)17-8-11-23(22-17)15-3-1-9-20-13-15/h4-8,11,15,20H,1-3,9-10,12-13H2,(H,21,24). The number of rotatable bonds is 7. The quantitative estimate of drug-likeness (QED) is 0.587. The fourth-order valence-electron chi connectivity index (χ4n) is 2.81. The van der Waals surface area contributed by atoms with Gasteiger partial charge in [-0.05, 0) is 61.9 Å². The summed E-state index contributed by atoms with van der Waals surface area (Å²) in [5, 5.41) is 10.7. The Bertz CT molecular complexity index is 683. The minimum absolute atomic E-state index is 0.130. The van der Waals surface area contributed by atoms with Crippen molar-refractivity contribution in [1.29, 1.82) is 0 Å². The van der Waals surface area contributed by atoms with Gasteiger partial charge in [0.2, 0.25) is 0 Å². The highest BCUT2D eigenvalue weighted by molar-refractivity contribution is 7.99. The summed E-state index contributed by atoms with van der Waals surface area (Å²) in [6.07, 6.45) is 4.96. The van der Waals surface area contributed by atoms with Gasteiger partial charge < -0.3 is 10.6 Å². The van der Waals surface area contributed by atoms with Crippen molar-refractivity contribution in [2.45, 2.75) is 30.2 Å². The van der Waals surface area contributed by atoms with Gasteiger partial charge in [0.25, 0.3) is 5.91 Å². The lowest BCUT2D eigenvalue weighted by Crippen LogP contribution is -2.32. The molecule has 1 fully saturated rings. The molecular formula is C18H23FN4OS. The first-order valence-electron chi connectivity index (χ1n) is 8.65. The fraction of sp³-hybridized carbons (Fsp3) is 0.444. The number of carbonyl (C=O) groups is 1. The minimum Gasteiger partial charge on any atom is -0.351 e. The molecule has 2 N–H and O–H groups in total. The van der Waals surface area contributed by atoms with Gasteiger partial charge in [0.15, 0.2) is 0 Å². The third-order valence-corrected chi connectivity index (χ3v) is 5.27.